The Bertz CT molecular complexity index is 640. The lowest BCUT2D eigenvalue weighted by atomic mass is 10.0. The zero-order valence-electron chi connectivity index (χ0n) is 16.0. The van der Waals surface area contributed by atoms with Crippen LogP contribution >= 0.6 is 11.6 Å². The third kappa shape index (κ3) is 5.61. The molecule has 1 fully saturated rings. The number of benzene rings is 1. The van der Waals surface area contributed by atoms with Crippen LogP contribution in [0.1, 0.15) is 26.3 Å². The largest absolute Gasteiger partial charge is 0.444 e. The zero-order chi connectivity index (χ0) is 19.5. The van der Waals surface area contributed by atoms with Gasteiger partial charge in [-0.3, -0.25) is 9.69 Å². The Kier molecular flexibility index (Phi) is 6.53. The SMILES string of the molecule is CN(C)C(=O)C1CN(C(=O)OC(C)(C)C)C(Cc2ccc(Cl)cc2)CO1. The van der Waals surface area contributed by atoms with Crippen LogP contribution < -0.4 is 0 Å². The molecule has 0 aliphatic carbocycles. The average Bonchev–Trinajstić information content (AvgIpc) is 2.55. The molecular formula is C19H27ClN2O4. The molecule has 1 saturated heterocycles. The van der Waals surface area contributed by atoms with E-state index in [0.717, 1.165) is 5.56 Å². The van der Waals surface area contributed by atoms with Gasteiger partial charge in [-0.2, -0.15) is 0 Å². The third-order valence-electron chi connectivity index (χ3n) is 4.02. The van der Waals surface area contributed by atoms with E-state index in [2.05, 4.69) is 0 Å². The van der Waals surface area contributed by atoms with Crippen LogP contribution in [0.2, 0.25) is 5.02 Å². The zero-order valence-corrected chi connectivity index (χ0v) is 16.7. The highest BCUT2D eigenvalue weighted by Gasteiger charge is 2.38. The first kappa shape index (κ1) is 20.5. The van der Waals surface area contributed by atoms with E-state index in [1.165, 1.54) is 4.90 Å². The van der Waals surface area contributed by atoms with E-state index < -0.39 is 17.8 Å². The maximum atomic E-state index is 12.7. The van der Waals surface area contributed by atoms with E-state index in [1.54, 1.807) is 19.0 Å². The van der Waals surface area contributed by atoms with Crippen LogP contribution in [-0.4, -0.2) is 66.8 Å². The van der Waals surface area contributed by atoms with Crippen LogP contribution in [0.5, 0.6) is 0 Å². The molecule has 2 amide bonds. The Balaban J connectivity index is 2.17. The molecule has 144 valence electrons. The van der Waals surface area contributed by atoms with Gasteiger partial charge in [0.15, 0.2) is 6.10 Å². The Labute approximate surface area is 160 Å². The molecule has 0 N–H and O–H groups in total. The molecule has 0 aromatic heterocycles. The Morgan fingerprint density at radius 3 is 2.42 bits per heavy atom. The van der Waals surface area contributed by atoms with Crippen molar-refractivity contribution in [1.29, 1.82) is 0 Å². The molecule has 6 nitrogen and oxygen atoms in total. The summed E-state index contributed by atoms with van der Waals surface area (Å²) in [4.78, 5) is 28.0. The number of amides is 2. The van der Waals surface area contributed by atoms with E-state index in [9.17, 15) is 9.59 Å². The van der Waals surface area contributed by atoms with E-state index in [0.29, 0.717) is 11.4 Å². The number of nitrogens with zero attached hydrogens (tertiary/aromatic N) is 2. The number of halogens is 1. The number of carbonyl (C=O) groups excluding carboxylic acids is 2. The molecule has 0 spiro atoms. The van der Waals surface area contributed by atoms with Crippen molar-refractivity contribution in [3.05, 3.63) is 34.9 Å². The highest BCUT2D eigenvalue weighted by Crippen LogP contribution is 2.21. The number of carbonyl (C=O) groups is 2. The van der Waals surface area contributed by atoms with E-state index in [4.69, 9.17) is 21.1 Å². The Morgan fingerprint density at radius 2 is 1.88 bits per heavy atom. The van der Waals surface area contributed by atoms with Crippen LogP contribution in [0.4, 0.5) is 4.79 Å². The molecule has 1 aromatic carbocycles. The van der Waals surface area contributed by atoms with Crippen LogP contribution in [0.25, 0.3) is 0 Å². The summed E-state index contributed by atoms with van der Waals surface area (Å²) in [6.45, 7) is 5.91. The summed E-state index contributed by atoms with van der Waals surface area (Å²) >= 11 is 5.94. The van der Waals surface area contributed by atoms with Gasteiger partial charge in [-0.05, 0) is 44.9 Å². The van der Waals surface area contributed by atoms with E-state index >= 15 is 0 Å². The lowest BCUT2D eigenvalue weighted by Gasteiger charge is -2.40. The van der Waals surface area contributed by atoms with Crippen LogP contribution in [-0.2, 0) is 20.7 Å². The summed E-state index contributed by atoms with van der Waals surface area (Å²) in [6, 6.07) is 7.27. The Hall–Kier alpha value is -1.79. The van der Waals surface area contributed by atoms with Gasteiger partial charge in [0.1, 0.15) is 5.60 Å². The molecule has 2 atom stereocenters. The van der Waals surface area contributed by atoms with Crippen molar-refractivity contribution in [2.45, 2.75) is 44.9 Å². The van der Waals surface area contributed by atoms with Crippen molar-refractivity contribution in [3.63, 3.8) is 0 Å². The molecule has 7 heteroatoms. The third-order valence-corrected chi connectivity index (χ3v) is 4.27. The molecule has 2 unspecified atom stereocenters. The summed E-state index contributed by atoms with van der Waals surface area (Å²) in [6.07, 6.45) is -0.519. The van der Waals surface area contributed by atoms with Gasteiger partial charge >= 0.3 is 6.09 Å². The molecule has 1 aliphatic rings. The fraction of sp³-hybridized carbons (Fsp3) is 0.579. The van der Waals surface area contributed by atoms with E-state index in [1.807, 2.05) is 45.0 Å². The van der Waals surface area contributed by atoms with Crippen LogP contribution in [0.3, 0.4) is 0 Å². The lowest BCUT2D eigenvalue weighted by Crippen LogP contribution is -2.57. The first-order chi connectivity index (χ1) is 12.1. The Morgan fingerprint density at radius 1 is 1.27 bits per heavy atom. The predicted molar refractivity (Wildman–Crippen MR) is 100 cm³/mol. The number of morpholine rings is 1. The van der Waals surface area contributed by atoms with Crippen molar-refractivity contribution in [2.24, 2.45) is 0 Å². The van der Waals surface area contributed by atoms with Gasteiger partial charge < -0.3 is 14.4 Å². The maximum Gasteiger partial charge on any atom is 0.410 e. The minimum atomic E-state index is -0.681. The second-order valence-corrected chi connectivity index (χ2v) is 8.11. The number of hydrogen-bond donors (Lipinski definition) is 0. The predicted octanol–water partition coefficient (Wildman–Crippen LogP) is 2.98. The highest BCUT2D eigenvalue weighted by atomic mass is 35.5. The number of hydrogen-bond acceptors (Lipinski definition) is 4. The first-order valence-electron chi connectivity index (χ1n) is 8.63. The summed E-state index contributed by atoms with van der Waals surface area (Å²) in [5, 5.41) is 0.661. The first-order valence-corrected chi connectivity index (χ1v) is 9.01. The van der Waals surface area contributed by atoms with Crippen molar-refractivity contribution in [2.75, 3.05) is 27.2 Å². The second kappa shape index (κ2) is 8.27. The van der Waals surface area contributed by atoms with Crippen molar-refractivity contribution < 1.29 is 19.1 Å². The minimum absolute atomic E-state index is 0.163. The maximum absolute atomic E-state index is 12.7. The standard InChI is InChI=1S/C19H27ClN2O4/c1-19(2,3)26-18(24)22-11-16(17(23)21(4)5)25-12-15(22)10-13-6-8-14(20)9-7-13/h6-9,15-16H,10-12H2,1-5H3. The quantitative estimate of drug-likeness (QED) is 0.806. The van der Waals surface area contributed by atoms with Crippen molar-refractivity contribution >= 4 is 23.6 Å². The summed E-state index contributed by atoms with van der Waals surface area (Å²) < 4.78 is 11.3. The van der Waals surface area contributed by atoms with E-state index in [-0.39, 0.29) is 25.1 Å². The van der Waals surface area contributed by atoms with Gasteiger partial charge in [0.2, 0.25) is 0 Å². The molecule has 1 aliphatic heterocycles. The fourth-order valence-corrected chi connectivity index (χ4v) is 2.87. The average molecular weight is 383 g/mol. The molecular weight excluding hydrogens is 356 g/mol. The van der Waals surface area contributed by atoms with Crippen molar-refractivity contribution in [3.8, 4) is 0 Å². The number of likely N-dealkylation sites (N-methyl/N-ethyl adjacent to an activating group) is 1. The highest BCUT2D eigenvalue weighted by molar-refractivity contribution is 6.30. The second-order valence-electron chi connectivity index (χ2n) is 7.67. The number of ether oxygens (including phenoxy) is 2. The van der Waals surface area contributed by atoms with Gasteiger partial charge in [0.05, 0.1) is 19.2 Å². The smallest absolute Gasteiger partial charge is 0.410 e. The molecule has 26 heavy (non-hydrogen) atoms. The summed E-state index contributed by atoms with van der Waals surface area (Å²) in [5.74, 6) is -0.163. The van der Waals surface area contributed by atoms with Crippen molar-refractivity contribution in [1.82, 2.24) is 9.80 Å². The lowest BCUT2D eigenvalue weighted by molar-refractivity contribution is -0.149. The van der Waals surface area contributed by atoms with Gasteiger partial charge in [-0.25, -0.2) is 4.79 Å². The summed E-state index contributed by atoms with van der Waals surface area (Å²) in [5.41, 5.74) is 0.426. The topological polar surface area (TPSA) is 59.1 Å². The molecule has 0 bridgehead atoms. The van der Waals surface area contributed by atoms with Gasteiger partial charge in [0, 0.05) is 19.1 Å². The van der Waals surface area contributed by atoms with Crippen LogP contribution in [0.15, 0.2) is 24.3 Å². The normalized spacial score (nSPS) is 20.6. The van der Waals surface area contributed by atoms with Gasteiger partial charge in [-0.15, -0.1) is 0 Å². The molecule has 1 aromatic rings. The molecule has 0 radical (unpaired) electrons. The fourth-order valence-electron chi connectivity index (χ4n) is 2.74. The number of rotatable bonds is 3. The van der Waals surface area contributed by atoms with Gasteiger partial charge in [0.25, 0.3) is 5.91 Å². The molecule has 0 saturated carbocycles. The molecule has 2 rings (SSSR count). The van der Waals surface area contributed by atoms with Crippen LogP contribution in [0, 0.1) is 0 Å². The monoisotopic (exact) mass is 382 g/mol. The molecule has 1 heterocycles. The van der Waals surface area contributed by atoms with Gasteiger partial charge in [-0.1, -0.05) is 23.7 Å². The minimum Gasteiger partial charge on any atom is -0.444 e. The summed E-state index contributed by atoms with van der Waals surface area (Å²) in [7, 11) is 3.34.